The van der Waals surface area contributed by atoms with Crippen molar-refractivity contribution < 1.29 is 0 Å². The maximum absolute atomic E-state index is 11.5. The van der Waals surface area contributed by atoms with E-state index < -0.39 is 0 Å². The van der Waals surface area contributed by atoms with Gasteiger partial charge in [-0.25, -0.2) is 0 Å². The van der Waals surface area contributed by atoms with Crippen molar-refractivity contribution in [2.45, 2.75) is 6.92 Å². The zero-order valence-electron chi connectivity index (χ0n) is 8.82. The summed E-state index contributed by atoms with van der Waals surface area (Å²) >= 11 is 0. The standard InChI is InChI=1S/C13H10N2O/c1-9-7-11(8-14)13(16)15-12(9)10-5-3-2-4-6-10/h2-7H,1H3,(H,15,16). The minimum atomic E-state index is -0.341. The van der Waals surface area contributed by atoms with Gasteiger partial charge in [-0.2, -0.15) is 5.26 Å². The molecule has 0 radical (unpaired) electrons. The third kappa shape index (κ3) is 1.73. The Morgan fingerprint density at radius 1 is 1.25 bits per heavy atom. The van der Waals surface area contributed by atoms with Crippen LogP contribution >= 0.6 is 0 Å². The monoisotopic (exact) mass is 210 g/mol. The number of hydrogen-bond donors (Lipinski definition) is 1. The van der Waals surface area contributed by atoms with E-state index in [2.05, 4.69) is 4.98 Å². The Morgan fingerprint density at radius 2 is 1.94 bits per heavy atom. The number of aryl methyl sites for hydroxylation is 1. The number of nitriles is 1. The summed E-state index contributed by atoms with van der Waals surface area (Å²) in [5, 5.41) is 8.73. The maximum atomic E-state index is 11.5. The lowest BCUT2D eigenvalue weighted by atomic mass is 10.1. The van der Waals surface area contributed by atoms with Crippen LogP contribution in [0.3, 0.4) is 0 Å². The van der Waals surface area contributed by atoms with Crippen LogP contribution in [0.15, 0.2) is 41.2 Å². The van der Waals surface area contributed by atoms with E-state index in [1.54, 1.807) is 6.07 Å². The number of benzene rings is 1. The van der Waals surface area contributed by atoms with Crippen molar-refractivity contribution >= 4 is 0 Å². The molecule has 0 aliphatic heterocycles. The van der Waals surface area contributed by atoms with Gasteiger partial charge in [0, 0.05) is 0 Å². The molecule has 1 aromatic carbocycles. The quantitative estimate of drug-likeness (QED) is 0.784. The van der Waals surface area contributed by atoms with Gasteiger partial charge in [0.05, 0.1) is 5.69 Å². The molecule has 78 valence electrons. The molecule has 3 nitrogen and oxygen atoms in total. The van der Waals surface area contributed by atoms with Crippen LogP contribution in [0.4, 0.5) is 0 Å². The highest BCUT2D eigenvalue weighted by atomic mass is 16.1. The number of aromatic nitrogens is 1. The molecule has 0 aliphatic carbocycles. The number of nitrogens with zero attached hydrogens (tertiary/aromatic N) is 1. The molecule has 0 amide bonds. The fourth-order valence-corrected chi connectivity index (χ4v) is 1.62. The smallest absolute Gasteiger partial charge is 0.266 e. The number of aromatic amines is 1. The summed E-state index contributed by atoms with van der Waals surface area (Å²) in [4.78, 5) is 14.3. The molecular formula is C13H10N2O. The van der Waals surface area contributed by atoms with E-state index in [0.29, 0.717) is 0 Å². The highest BCUT2D eigenvalue weighted by Gasteiger charge is 2.06. The van der Waals surface area contributed by atoms with Crippen molar-refractivity contribution in [2.75, 3.05) is 0 Å². The van der Waals surface area contributed by atoms with E-state index in [1.807, 2.05) is 43.3 Å². The Kier molecular flexibility index (Phi) is 2.57. The van der Waals surface area contributed by atoms with Crippen LogP contribution in [0, 0.1) is 18.3 Å². The largest absolute Gasteiger partial charge is 0.321 e. The topological polar surface area (TPSA) is 56.6 Å². The molecule has 0 atom stereocenters. The second-order valence-corrected chi connectivity index (χ2v) is 3.55. The van der Waals surface area contributed by atoms with Gasteiger partial charge in [0.1, 0.15) is 11.6 Å². The third-order valence-corrected chi connectivity index (χ3v) is 2.42. The van der Waals surface area contributed by atoms with Gasteiger partial charge in [0.15, 0.2) is 0 Å². The van der Waals surface area contributed by atoms with E-state index in [-0.39, 0.29) is 11.1 Å². The summed E-state index contributed by atoms with van der Waals surface area (Å²) in [6.45, 7) is 1.87. The van der Waals surface area contributed by atoms with Crippen LogP contribution in [0.2, 0.25) is 0 Å². The van der Waals surface area contributed by atoms with Crippen molar-refractivity contribution in [1.29, 1.82) is 5.26 Å². The van der Waals surface area contributed by atoms with E-state index in [1.165, 1.54) is 0 Å². The van der Waals surface area contributed by atoms with Gasteiger partial charge in [-0.1, -0.05) is 30.3 Å². The first-order valence-corrected chi connectivity index (χ1v) is 4.92. The predicted octanol–water partition coefficient (Wildman–Crippen LogP) is 2.22. The fourth-order valence-electron chi connectivity index (χ4n) is 1.62. The molecule has 1 heterocycles. The van der Waals surface area contributed by atoms with E-state index in [9.17, 15) is 4.79 Å². The molecule has 0 fully saturated rings. The van der Waals surface area contributed by atoms with Crippen LogP contribution in [0.5, 0.6) is 0 Å². The molecule has 0 bridgehead atoms. The molecule has 2 aromatic rings. The molecule has 0 spiro atoms. The van der Waals surface area contributed by atoms with Gasteiger partial charge < -0.3 is 4.98 Å². The molecule has 1 aromatic heterocycles. The molecular weight excluding hydrogens is 200 g/mol. The van der Waals surface area contributed by atoms with Crippen molar-refractivity contribution in [1.82, 2.24) is 4.98 Å². The number of nitrogens with one attached hydrogen (secondary N) is 1. The summed E-state index contributed by atoms with van der Waals surface area (Å²) < 4.78 is 0. The first kappa shape index (κ1) is 10.2. The zero-order chi connectivity index (χ0) is 11.5. The van der Waals surface area contributed by atoms with Gasteiger partial charge in [0.2, 0.25) is 0 Å². The number of hydrogen-bond acceptors (Lipinski definition) is 2. The van der Waals surface area contributed by atoms with Crippen LogP contribution < -0.4 is 5.56 Å². The second kappa shape index (κ2) is 4.03. The summed E-state index contributed by atoms with van der Waals surface area (Å²) in [5.74, 6) is 0. The average molecular weight is 210 g/mol. The van der Waals surface area contributed by atoms with Crippen molar-refractivity contribution in [2.24, 2.45) is 0 Å². The highest BCUT2D eigenvalue weighted by Crippen LogP contribution is 2.19. The summed E-state index contributed by atoms with van der Waals surface area (Å²) in [7, 11) is 0. The highest BCUT2D eigenvalue weighted by molar-refractivity contribution is 5.63. The van der Waals surface area contributed by atoms with Crippen LogP contribution in [-0.2, 0) is 0 Å². The zero-order valence-corrected chi connectivity index (χ0v) is 8.82. The van der Waals surface area contributed by atoms with Crippen molar-refractivity contribution in [3.8, 4) is 17.3 Å². The number of rotatable bonds is 1. The van der Waals surface area contributed by atoms with Gasteiger partial charge in [0.25, 0.3) is 5.56 Å². The average Bonchev–Trinajstić information content (AvgIpc) is 2.32. The second-order valence-electron chi connectivity index (χ2n) is 3.55. The number of H-pyrrole nitrogens is 1. The lowest BCUT2D eigenvalue weighted by Crippen LogP contribution is -2.11. The molecule has 0 saturated heterocycles. The summed E-state index contributed by atoms with van der Waals surface area (Å²) in [5.41, 5.74) is 2.41. The molecule has 0 unspecified atom stereocenters. The molecule has 1 N–H and O–H groups in total. The third-order valence-electron chi connectivity index (χ3n) is 2.42. The molecule has 3 heteroatoms. The SMILES string of the molecule is Cc1cc(C#N)c(=O)[nH]c1-c1ccccc1. The lowest BCUT2D eigenvalue weighted by Gasteiger charge is -2.05. The normalized spacial score (nSPS) is 9.75. The fraction of sp³-hybridized carbons (Fsp3) is 0.0769. The Bertz CT molecular complexity index is 606. The molecule has 0 aliphatic rings. The van der Waals surface area contributed by atoms with Crippen molar-refractivity contribution in [3.63, 3.8) is 0 Å². The first-order valence-electron chi connectivity index (χ1n) is 4.92. The van der Waals surface area contributed by atoms with Crippen LogP contribution in [0.1, 0.15) is 11.1 Å². The van der Waals surface area contributed by atoms with Gasteiger partial charge in [-0.3, -0.25) is 4.79 Å². The molecule has 0 saturated carbocycles. The van der Waals surface area contributed by atoms with Crippen LogP contribution in [0.25, 0.3) is 11.3 Å². The minimum Gasteiger partial charge on any atom is -0.321 e. The van der Waals surface area contributed by atoms with E-state index in [4.69, 9.17) is 5.26 Å². The Hall–Kier alpha value is -2.34. The van der Waals surface area contributed by atoms with E-state index >= 15 is 0 Å². The Labute approximate surface area is 93.0 Å². The minimum absolute atomic E-state index is 0.150. The van der Waals surface area contributed by atoms with Crippen LogP contribution in [-0.4, -0.2) is 4.98 Å². The predicted molar refractivity (Wildman–Crippen MR) is 62.0 cm³/mol. The maximum Gasteiger partial charge on any atom is 0.266 e. The molecule has 2 rings (SSSR count). The van der Waals surface area contributed by atoms with E-state index in [0.717, 1.165) is 16.8 Å². The summed E-state index contributed by atoms with van der Waals surface area (Å²) in [6, 6.07) is 13.1. The Balaban J connectivity index is 2.65. The lowest BCUT2D eigenvalue weighted by molar-refractivity contribution is 1.18. The molecule has 16 heavy (non-hydrogen) atoms. The van der Waals surface area contributed by atoms with Gasteiger partial charge in [-0.05, 0) is 24.1 Å². The Morgan fingerprint density at radius 3 is 2.56 bits per heavy atom. The number of pyridine rings is 1. The van der Waals surface area contributed by atoms with Gasteiger partial charge >= 0.3 is 0 Å². The summed E-state index contributed by atoms with van der Waals surface area (Å²) in [6.07, 6.45) is 0. The van der Waals surface area contributed by atoms with Crippen molar-refractivity contribution in [3.05, 3.63) is 57.9 Å². The van der Waals surface area contributed by atoms with Gasteiger partial charge in [-0.15, -0.1) is 0 Å². The first-order chi connectivity index (χ1) is 7.72.